The van der Waals surface area contributed by atoms with Gasteiger partial charge in [0, 0.05) is 29.6 Å². The lowest BCUT2D eigenvalue weighted by Crippen LogP contribution is -2.15. The van der Waals surface area contributed by atoms with E-state index < -0.39 is 0 Å². The zero-order chi connectivity index (χ0) is 11.6. The maximum Gasteiger partial charge on any atom is 0.0404 e. The van der Waals surface area contributed by atoms with Crippen molar-refractivity contribution < 1.29 is 0 Å². The molecular weight excluding hydrogens is 216 g/mol. The van der Waals surface area contributed by atoms with Crippen molar-refractivity contribution in [2.75, 3.05) is 18.8 Å². The van der Waals surface area contributed by atoms with Crippen LogP contribution in [0.4, 0.5) is 0 Å². The lowest BCUT2D eigenvalue weighted by atomic mass is 10.1. The first-order valence-corrected chi connectivity index (χ1v) is 7.12. The minimum absolute atomic E-state index is 1.05. The average Bonchev–Trinajstić information content (AvgIpc) is 2.33. The van der Waals surface area contributed by atoms with E-state index in [0.29, 0.717) is 0 Å². The third-order valence-electron chi connectivity index (χ3n) is 2.39. The summed E-state index contributed by atoms with van der Waals surface area (Å²) < 4.78 is 0. The number of rotatable bonds is 8. The second-order valence-corrected chi connectivity index (χ2v) is 5.00. The van der Waals surface area contributed by atoms with Crippen molar-refractivity contribution in [2.24, 2.45) is 0 Å². The number of hydrogen-bond acceptors (Lipinski definition) is 3. The Bertz CT molecular complexity index is 289. The third-order valence-corrected chi connectivity index (χ3v) is 3.35. The Balaban J connectivity index is 2.35. The standard InChI is InChI=1S/C13H22N2S/c1-3-5-6-12-9-13(11-15-10-12)16-8-7-14-4-2/h9-11,14H,3-8H2,1-2H3. The van der Waals surface area contributed by atoms with Crippen LogP contribution in [0.5, 0.6) is 0 Å². The van der Waals surface area contributed by atoms with Crippen LogP contribution >= 0.6 is 11.8 Å². The number of nitrogens with zero attached hydrogens (tertiary/aromatic N) is 1. The second kappa shape index (κ2) is 8.59. The number of unbranched alkanes of at least 4 members (excludes halogenated alkanes) is 1. The van der Waals surface area contributed by atoms with Crippen LogP contribution in [0.15, 0.2) is 23.4 Å². The number of aryl methyl sites for hydroxylation is 1. The van der Waals surface area contributed by atoms with Gasteiger partial charge in [0.15, 0.2) is 0 Å². The van der Waals surface area contributed by atoms with Gasteiger partial charge in [-0.2, -0.15) is 0 Å². The van der Waals surface area contributed by atoms with Crippen LogP contribution in [0.3, 0.4) is 0 Å². The molecule has 16 heavy (non-hydrogen) atoms. The average molecular weight is 238 g/mol. The van der Waals surface area contributed by atoms with Crippen LogP contribution in [0.2, 0.25) is 0 Å². The van der Waals surface area contributed by atoms with E-state index >= 15 is 0 Å². The van der Waals surface area contributed by atoms with Crippen molar-refractivity contribution in [2.45, 2.75) is 38.0 Å². The van der Waals surface area contributed by atoms with E-state index in [0.717, 1.165) is 25.3 Å². The molecule has 1 aromatic heterocycles. The summed E-state index contributed by atoms with van der Waals surface area (Å²) in [5.74, 6) is 1.12. The molecule has 0 saturated carbocycles. The van der Waals surface area contributed by atoms with Crippen LogP contribution in [0.1, 0.15) is 32.3 Å². The zero-order valence-corrected chi connectivity index (χ0v) is 11.1. The fourth-order valence-electron chi connectivity index (χ4n) is 1.48. The Kier molecular flexibility index (Phi) is 7.26. The predicted molar refractivity (Wildman–Crippen MR) is 72.1 cm³/mol. The molecule has 1 aromatic rings. The van der Waals surface area contributed by atoms with Gasteiger partial charge in [0.1, 0.15) is 0 Å². The van der Waals surface area contributed by atoms with Gasteiger partial charge in [-0.1, -0.05) is 20.3 Å². The first-order valence-electron chi connectivity index (χ1n) is 6.14. The van der Waals surface area contributed by atoms with Crippen molar-refractivity contribution >= 4 is 11.8 Å². The summed E-state index contributed by atoms with van der Waals surface area (Å²) in [7, 11) is 0. The van der Waals surface area contributed by atoms with Gasteiger partial charge >= 0.3 is 0 Å². The van der Waals surface area contributed by atoms with E-state index in [1.807, 2.05) is 24.2 Å². The molecular formula is C13H22N2S. The van der Waals surface area contributed by atoms with Gasteiger partial charge in [-0.05, 0) is 31.0 Å². The quantitative estimate of drug-likeness (QED) is 0.556. The van der Waals surface area contributed by atoms with Gasteiger partial charge in [0.2, 0.25) is 0 Å². The van der Waals surface area contributed by atoms with Crippen molar-refractivity contribution in [1.82, 2.24) is 10.3 Å². The SMILES string of the molecule is CCCCc1cncc(SCCNCC)c1. The highest BCUT2D eigenvalue weighted by Gasteiger charge is 1.97. The van der Waals surface area contributed by atoms with E-state index in [9.17, 15) is 0 Å². The molecule has 0 amide bonds. The van der Waals surface area contributed by atoms with Crippen molar-refractivity contribution in [3.05, 3.63) is 24.0 Å². The van der Waals surface area contributed by atoms with Crippen molar-refractivity contribution in [1.29, 1.82) is 0 Å². The Hall–Kier alpha value is -0.540. The zero-order valence-electron chi connectivity index (χ0n) is 10.3. The number of nitrogens with one attached hydrogen (secondary N) is 1. The molecule has 0 spiro atoms. The van der Waals surface area contributed by atoms with Crippen LogP contribution in [0.25, 0.3) is 0 Å². The van der Waals surface area contributed by atoms with E-state index in [1.165, 1.54) is 23.3 Å². The van der Waals surface area contributed by atoms with Gasteiger partial charge in [0.25, 0.3) is 0 Å². The van der Waals surface area contributed by atoms with E-state index in [-0.39, 0.29) is 0 Å². The topological polar surface area (TPSA) is 24.9 Å². The van der Waals surface area contributed by atoms with Crippen molar-refractivity contribution in [3.8, 4) is 0 Å². The highest BCUT2D eigenvalue weighted by Crippen LogP contribution is 2.18. The first kappa shape index (κ1) is 13.5. The lowest BCUT2D eigenvalue weighted by Gasteiger charge is -2.04. The third kappa shape index (κ3) is 5.52. The molecule has 0 saturated heterocycles. The smallest absolute Gasteiger partial charge is 0.0404 e. The molecule has 0 fully saturated rings. The molecule has 0 aliphatic carbocycles. The maximum absolute atomic E-state index is 4.30. The van der Waals surface area contributed by atoms with Crippen LogP contribution in [-0.4, -0.2) is 23.8 Å². The van der Waals surface area contributed by atoms with Gasteiger partial charge in [-0.15, -0.1) is 11.8 Å². The van der Waals surface area contributed by atoms with Crippen LogP contribution in [-0.2, 0) is 6.42 Å². The predicted octanol–water partition coefficient (Wildman–Crippen LogP) is 3.13. The molecule has 90 valence electrons. The lowest BCUT2D eigenvalue weighted by molar-refractivity contribution is 0.768. The molecule has 1 heterocycles. The maximum atomic E-state index is 4.30. The number of hydrogen-bond donors (Lipinski definition) is 1. The number of thioether (sulfide) groups is 1. The molecule has 1 rings (SSSR count). The largest absolute Gasteiger partial charge is 0.316 e. The minimum Gasteiger partial charge on any atom is -0.316 e. The van der Waals surface area contributed by atoms with E-state index in [4.69, 9.17) is 0 Å². The van der Waals surface area contributed by atoms with Crippen molar-refractivity contribution in [3.63, 3.8) is 0 Å². The summed E-state index contributed by atoms with van der Waals surface area (Å²) in [6, 6.07) is 2.28. The fraction of sp³-hybridized carbons (Fsp3) is 0.615. The molecule has 0 aliphatic heterocycles. The van der Waals surface area contributed by atoms with Gasteiger partial charge in [0.05, 0.1) is 0 Å². The fourth-order valence-corrected chi connectivity index (χ4v) is 2.33. The van der Waals surface area contributed by atoms with E-state index in [2.05, 4.69) is 30.2 Å². The van der Waals surface area contributed by atoms with E-state index in [1.54, 1.807) is 0 Å². The summed E-state index contributed by atoms with van der Waals surface area (Å²) in [5, 5.41) is 3.33. The number of aromatic nitrogens is 1. The molecule has 0 bridgehead atoms. The Morgan fingerprint density at radius 3 is 2.94 bits per heavy atom. The number of pyridine rings is 1. The summed E-state index contributed by atoms with van der Waals surface area (Å²) in [6.07, 6.45) is 7.62. The second-order valence-electron chi connectivity index (χ2n) is 3.83. The van der Waals surface area contributed by atoms with Crippen LogP contribution in [0, 0.1) is 0 Å². The van der Waals surface area contributed by atoms with Crippen LogP contribution < -0.4 is 5.32 Å². The molecule has 2 nitrogen and oxygen atoms in total. The highest BCUT2D eigenvalue weighted by molar-refractivity contribution is 7.99. The van der Waals surface area contributed by atoms with Gasteiger partial charge < -0.3 is 5.32 Å². The van der Waals surface area contributed by atoms with Gasteiger partial charge in [-0.25, -0.2) is 0 Å². The first-order chi connectivity index (χ1) is 7.86. The summed E-state index contributed by atoms with van der Waals surface area (Å²) in [6.45, 7) is 6.48. The molecule has 0 atom stereocenters. The Morgan fingerprint density at radius 1 is 1.31 bits per heavy atom. The molecule has 1 N–H and O–H groups in total. The monoisotopic (exact) mass is 238 g/mol. The molecule has 0 radical (unpaired) electrons. The summed E-state index contributed by atoms with van der Waals surface area (Å²) in [4.78, 5) is 5.59. The van der Waals surface area contributed by atoms with Gasteiger partial charge in [-0.3, -0.25) is 4.98 Å². The normalized spacial score (nSPS) is 10.6. The Labute approximate surface area is 103 Å². The Morgan fingerprint density at radius 2 is 2.19 bits per heavy atom. The minimum atomic E-state index is 1.05. The molecule has 0 aliphatic rings. The highest BCUT2D eigenvalue weighted by atomic mass is 32.2. The molecule has 0 unspecified atom stereocenters. The molecule has 3 heteroatoms. The summed E-state index contributed by atoms with van der Waals surface area (Å²) >= 11 is 1.88. The molecule has 0 aromatic carbocycles. The summed E-state index contributed by atoms with van der Waals surface area (Å²) in [5.41, 5.74) is 1.37.